The zero-order valence-electron chi connectivity index (χ0n) is 7.45. The van der Waals surface area contributed by atoms with Crippen molar-refractivity contribution in [1.29, 1.82) is 0 Å². The van der Waals surface area contributed by atoms with E-state index in [0.29, 0.717) is 12.1 Å². The van der Waals surface area contributed by atoms with Gasteiger partial charge in [-0.3, -0.25) is 5.11 Å². The van der Waals surface area contributed by atoms with E-state index in [1.807, 2.05) is 0 Å². The van der Waals surface area contributed by atoms with Gasteiger partial charge in [-0.2, -0.15) is 26.3 Å². The van der Waals surface area contributed by atoms with Crippen molar-refractivity contribution in [3.63, 3.8) is 0 Å². The zero-order chi connectivity index (χ0) is 12.6. The molecule has 16 heavy (non-hydrogen) atoms. The maximum absolute atomic E-state index is 12.2. The third-order valence-corrected chi connectivity index (χ3v) is 1.72. The molecular weight excluding hydrogens is 238 g/mol. The minimum absolute atomic E-state index is 0.0269. The predicted octanol–water partition coefficient (Wildman–Crippen LogP) is 2.46. The summed E-state index contributed by atoms with van der Waals surface area (Å²) in [6.45, 7) is 0. The largest absolute Gasteiger partial charge is 0.502 e. The van der Waals surface area contributed by atoms with Crippen LogP contribution in [0.5, 0.6) is 0 Å². The van der Waals surface area contributed by atoms with E-state index >= 15 is 0 Å². The Morgan fingerprint density at radius 3 is 1.44 bits per heavy atom. The lowest BCUT2D eigenvalue weighted by Gasteiger charge is -2.11. The fourth-order valence-corrected chi connectivity index (χ4v) is 1.02. The van der Waals surface area contributed by atoms with Crippen LogP contribution in [0.4, 0.5) is 32.0 Å². The van der Waals surface area contributed by atoms with Gasteiger partial charge in [0.05, 0.1) is 11.1 Å². The Kier molecular flexibility index (Phi) is 2.93. The molecule has 0 radical (unpaired) electrons. The number of nitrogens with zero attached hydrogens (tertiary/aromatic N) is 1. The highest BCUT2D eigenvalue weighted by atomic mass is 19.4. The molecule has 0 aliphatic carbocycles. The smallest absolute Gasteiger partial charge is 0.416 e. The molecule has 0 unspecified atom stereocenters. The SMILES string of the molecule is [N-]=[NH+]c1cc(C(F)(F)F)cc(C(F)(F)F)c1. The first-order valence-electron chi connectivity index (χ1n) is 3.84. The van der Waals surface area contributed by atoms with Crippen LogP contribution in [0, 0.1) is 0 Å². The van der Waals surface area contributed by atoms with Gasteiger partial charge >= 0.3 is 12.4 Å². The van der Waals surface area contributed by atoms with Gasteiger partial charge in [0.2, 0.25) is 0 Å². The highest BCUT2D eigenvalue weighted by Gasteiger charge is 2.37. The monoisotopic (exact) mass is 242 g/mol. The Bertz CT molecular complexity index is 374. The van der Waals surface area contributed by atoms with E-state index in [0.717, 1.165) is 0 Å². The number of rotatable bonds is 1. The molecule has 1 aromatic carbocycles. The van der Waals surface area contributed by atoms with Crippen molar-refractivity contribution < 1.29 is 31.5 Å². The molecule has 0 atom stereocenters. The Hall–Kier alpha value is -1.60. The van der Waals surface area contributed by atoms with Crippen molar-refractivity contribution in [1.82, 2.24) is 0 Å². The summed E-state index contributed by atoms with van der Waals surface area (Å²) in [5, 5.41) is 1.25. The van der Waals surface area contributed by atoms with Crippen LogP contribution in [0.25, 0.3) is 5.53 Å². The Balaban J connectivity index is 3.39. The molecule has 88 valence electrons. The van der Waals surface area contributed by atoms with E-state index in [9.17, 15) is 26.3 Å². The van der Waals surface area contributed by atoms with Crippen LogP contribution in [0.1, 0.15) is 11.1 Å². The average molecular weight is 242 g/mol. The maximum atomic E-state index is 12.2. The van der Waals surface area contributed by atoms with Crippen molar-refractivity contribution in [3.05, 3.63) is 34.9 Å². The van der Waals surface area contributed by atoms with Gasteiger partial charge in [-0.15, -0.1) is 0 Å². The van der Waals surface area contributed by atoms with Crippen molar-refractivity contribution in [3.8, 4) is 0 Å². The molecule has 0 amide bonds. The van der Waals surface area contributed by atoms with Crippen molar-refractivity contribution in [2.45, 2.75) is 12.4 Å². The van der Waals surface area contributed by atoms with Gasteiger partial charge in [0.1, 0.15) is 0 Å². The summed E-state index contributed by atoms with van der Waals surface area (Å²) in [5.41, 5.74) is 4.68. The molecule has 2 nitrogen and oxygen atoms in total. The second-order valence-corrected chi connectivity index (χ2v) is 2.91. The van der Waals surface area contributed by atoms with E-state index < -0.39 is 29.2 Å². The lowest BCUT2D eigenvalue weighted by molar-refractivity contribution is -0.380. The summed E-state index contributed by atoms with van der Waals surface area (Å²) in [4.78, 5) is 0. The molecule has 0 saturated carbocycles. The van der Waals surface area contributed by atoms with Crippen molar-refractivity contribution in [2.24, 2.45) is 0 Å². The highest BCUT2D eigenvalue weighted by molar-refractivity contribution is 5.40. The number of benzene rings is 1. The van der Waals surface area contributed by atoms with Crippen LogP contribution in [0.2, 0.25) is 0 Å². The van der Waals surface area contributed by atoms with Crippen LogP contribution in [0.3, 0.4) is 0 Å². The summed E-state index contributed by atoms with van der Waals surface area (Å²) in [7, 11) is 0. The fraction of sp³-hybridized carbons (Fsp3) is 0.250. The molecule has 8 heteroatoms. The number of hydrogen-bond acceptors (Lipinski definition) is 0. The van der Waals surface area contributed by atoms with E-state index in [1.54, 1.807) is 0 Å². The van der Waals surface area contributed by atoms with Crippen LogP contribution >= 0.6 is 0 Å². The fourth-order valence-electron chi connectivity index (χ4n) is 1.02. The molecule has 0 fully saturated rings. The van der Waals surface area contributed by atoms with Gasteiger partial charge in [-0.1, -0.05) is 0 Å². The predicted molar refractivity (Wildman–Crippen MR) is 40.4 cm³/mol. The molecule has 0 aromatic heterocycles. The number of hydrogen-bond donors (Lipinski definition) is 1. The second-order valence-electron chi connectivity index (χ2n) is 2.91. The van der Waals surface area contributed by atoms with E-state index in [-0.39, 0.29) is 6.07 Å². The molecule has 1 aromatic rings. The molecule has 0 bridgehead atoms. The zero-order valence-corrected chi connectivity index (χ0v) is 7.45. The van der Waals surface area contributed by atoms with Gasteiger partial charge in [-0.05, 0) is 6.07 Å². The third kappa shape index (κ3) is 2.71. The average Bonchev–Trinajstić information content (AvgIpc) is 2.14. The minimum Gasteiger partial charge on any atom is -0.502 e. The third-order valence-electron chi connectivity index (χ3n) is 1.72. The normalized spacial score (nSPS) is 12.6. The molecule has 0 heterocycles. The van der Waals surface area contributed by atoms with E-state index in [1.165, 1.54) is 5.11 Å². The van der Waals surface area contributed by atoms with Crippen molar-refractivity contribution >= 4 is 5.69 Å². The Labute approximate surface area is 85.4 Å². The number of halogens is 6. The number of nitrogens with one attached hydrogen (secondary N) is 1. The first-order chi connectivity index (χ1) is 7.14. The molecule has 1 rings (SSSR count). The van der Waals surface area contributed by atoms with Crippen LogP contribution in [-0.4, -0.2) is 0 Å². The highest BCUT2D eigenvalue weighted by Crippen LogP contribution is 2.36. The molecular formula is C8H4F6N2. The van der Waals surface area contributed by atoms with Crippen LogP contribution < -0.4 is 5.11 Å². The first kappa shape index (κ1) is 12.5. The quantitative estimate of drug-likeness (QED) is 0.580. The van der Waals surface area contributed by atoms with Crippen LogP contribution in [-0.2, 0) is 12.4 Å². The number of alkyl halides is 6. The van der Waals surface area contributed by atoms with Gasteiger partial charge < -0.3 is 5.53 Å². The standard InChI is InChI=1S/C8H4F6N2/c9-7(10,11)4-1-5(8(12,13)14)3-6(2-4)16-15/h1-3,16H. The summed E-state index contributed by atoms with van der Waals surface area (Å²) in [5.74, 6) is 0. The lowest BCUT2D eigenvalue weighted by Crippen LogP contribution is -2.54. The van der Waals surface area contributed by atoms with E-state index in [4.69, 9.17) is 5.53 Å². The van der Waals surface area contributed by atoms with Gasteiger partial charge in [0.25, 0.3) is 0 Å². The van der Waals surface area contributed by atoms with Gasteiger partial charge in [0.15, 0.2) is 5.69 Å². The van der Waals surface area contributed by atoms with Gasteiger partial charge in [-0.25, -0.2) is 0 Å². The van der Waals surface area contributed by atoms with E-state index in [2.05, 4.69) is 0 Å². The molecule has 0 aliphatic rings. The molecule has 0 aliphatic heterocycles. The Morgan fingerprint density at radius 1 is 0.812 bits per heavy atom. The summed E-state index contributed by atoms with van der Waals surface area (Å²) < 4.78 is 73.2. The molecule has 0 saturated heterocycles. The van der Waals surface area contributed by atoms with Crippen LogP contribution in [0.15, 0.2) is 18.2 Å². The maximum Gasteiger partial charge on any atom is 0.416 e. The molecule has 0 spiro atoms. The Morgan fingerprint density at radius 2 is 1.19 bits per heavy atom. The van der Waals surface area contributed by atoms with Crippen molar-refractivity contribution in [2.75, 3.05) is 0 Å². The van der Waals surface area contributed by atoms with Gasteiger partial charge in [0, 0.05) is 12.1 Å². The molecule has 1 N–H and O–H groups in total. The summed E-state index contributed by atoms with van der Waals surface area (Å²) in [6.07, 6.45) is -9.82. The minimum atomic E-state index is -4.91. The summed E-state index contributed by atoms with van der Waals surface area (Å²) >= 11 is 0. The summed E-state index contributed by atoms with van der Waals surface area (Å²) in [6, 6.07) is 0.714. The second kappa shape index (κ2) is 3.76. The topological polar surface area (TPSA) is 36.3 Å². The lowest BCUT2D eigenvalue weighted by atomic mass is 10.1. The first-order valence-corrected chi connectivity index (χ1v) is 3.84.